The van der Waals surface area contributed by atoms with E-state index in [0.717, 1.165) is 5.13 Å². The largest absolute Gasteiger partial charge is 0.354 e. The van der Waals surface area contributed by atoms with Crippen LogP contribution in [0.3, 0.4) is 0 Å². The minimum Gasteiger partial charge on any atom is -0.354 e. The number of carbonyl (C=O) groups excluding carboxylic acids is 2. The summed E-state index contributed by atoms with van der Waals surface area (Å²) in [6.07, 6.45) is 0. The topological polar surface area (TPSA) is 56.8 Å². The third-order valence-electron chi connectivity index (χ3n) is 3.47. The highest BCUT2D eigenvalue weighted by Gasteiger charge is 2.25. The lowest BCUT2D eigenvalue weighted by molar-refractivity contribution is -0.127. The summed E-state index contributed by atoms with van der Waals surface area (Å²) in [6.45, 7) is 1.80. The number of aryl methyl sites for hydroxylation is 1. The van der Waals surface area contributed by atoms with Crippen LogP contribution in [0.2, 0.25) is 0 Å². The smallest absolute Gasteiger partial charge is 0.270 e. The first-order valence-corrected chi connectivity index (χ1v) is 8.34. The van der Waals surface area contributed by atoms with E-state index in [1.54, 1.807) is 14.1 Å². The highest BCUT2D eigenvalue weighted by atomic mass is 32.1. The molecule has 7 heteroatoms. The Morgan fingerprint density at radius 1 is 1.08 bits per heavy atom. The van der Waals surface area contributed by atoms with Gasteiger partial charge in [0.1, 0.15) is 11.4 Å². The molecule has 2 aromatic rings. The van der Waals surface area contributed by atoms with Crippen LogP contribution < -0.4 is 9.80 Å². The number of hydrogen-bond acceptors (Lipinski definition) is 5. The van der Waals surface area contributed by atoms with Crippen molar-refractivity contribution in [1.29, 1.82) is 0 Å². The summed E-state index contributed by atoms with van der Waals surface area (Å²) in [6, 6.07) is 9.22. The van der Waals surface area contributed by atoms with Crippen LogP contribution in [0.15, 0.2) is 30.3 Å². The lowest BCUT2D eigenvalue weighted by Gasteiger charge is -2.23. The van der Waals surface area contributed by atoms with E-state index >= 15 is 0 Å². The standard InChI is InChI=1S/C17H22N4O2S/c1-12-15(24-17(18-12)20(4)5)16(23)21(11-14(22)19(2)3)13-9-7-6-8-10-13/h6-10H,11H2,1-5H3. The van der Waals surface area contributed by atoms with Crippen molar-refractivity contribution in [1.82, 2.24) is 9.88 Å². The molecule has 0 bridgehead atoms. The molecule has 6 nitrogen and oxygen atoms in total. The number of thiazole rings is 1. The Bertz CT molecular complexity index is 725. The molecule has 0 saturated heterocycles. The summed E-state index contributed by atoms with van der Waals surface area (Å²) in [7, 11) is 7.13. The van der Waals surface area contributed by atoms with E-state index in [2.05, 4.69) is 4.98 Å². The maximum Gasteiger partial charge on any atom is 0.270 e. The van der Waals surface area contributed by atoms with Crippen molar-refractivity contribution in [3.8, 4) is 0 Å². The molecule has 24 heavy (non-hydrogen) atoms. The second-order valence-corrected chi connectivity index (χ2v) is 6.80. The fourth-order valence-electron chi connectivity index (χ4n) is 2.06. The van der Waals surface area contributed by atoms with E-state index in [-0.39, 0.29) is 18.4 Å². The second kappa shape index (κ2) is 7.44. The van der Waals surface area contributed by atoms with Gasteiger partial charge in [0.25, 0.3) is 5.91 Å². The van der Waals surface area contributed by atoms with Gasteiger partial charge in [-0.3, -0.25) is 14.5 Å². The molecule has 128 valence electrons. The molecule has 0 saturated carbocycles. The zero-order valence-corrected chi connectivity index (χ0v) is 15.4. The van der Waals surface area contributed by atoms with Crippen molar-refractivity contribution in [2.24, 2.45) is 0 Å². The number of carbonyl (C=O) groups is 2. The van der Waals surface area contributed by atoms with Crippen LogP contribution in [0.25, 0.3) is 0 Å². The second-order valence-electron chi connectivity index (χ2n) is 5.82. The first-order valence-electron chi connectivity index (χ1n) is 7.53. The molecule has 2 rings (SSSR count). The molecule has 0 spiro atoms. The molecule has 0 unspecified atom stereocenters. The molecule has 0 aliphatic heterocycles. The highest BCUT2D eigenvalue weighted by Crippen LogP contribution is 2.27. The molecule has 1 heterocycles. The summed E-state index contributed by atoms with van der Waals surface area (Å²) >= 11 is 1.33. The number of likely N-dealkylation sites (N-methyl/N-ethyl adjacent to an activating group) is 1. The summed E-state index contributed by atoms with van der Waals surface area (Å²) in [5, 5.41) is 0.766. The summed E-state index contributed by atoms with van der Waals surface area (Å²) in [5.74, 6) is -0.346. The van der Waals surface area contributed by atoms with Gasteiger partial charge >= 0.3 is 0 Å². The van der Waals surface area contributed by atoms with Gasteiger partial charge in [0.2, 0.25) is 5.91 Å². The lowest BCUT2D eigenvalue weighted by atomic mass is 10.2. The van der Waals surface area contributed by atoms with Crippen molar-refractivity contribution < 1.29 is 9.59 Å². The van der Waals surface area contributed by atoms with Gasteiger partial charge in [0, 0.05) is 33.9 Å². The number of hydrogen-bond donors (Lipinski definition) is 0. The van der Waals surface area contributed by atoms with Gasteiger partial charge < -0.3 is 9.80 Å². The Hall–Kier alpha value is -2.41. The van der Waals surface area contributed by atoms with Crippen molar-refractivity contribution in [2.45, 2.75) is 6.92 Å². The molecule has 0 atom stereocenters. The fraction of sp³-hybridized carbons (Fsp3) is 0.353. The third kappa shape index (κ3) is 3.91. The summed E-state index contributed by atoms with van der Waals surface area (Å²) < 4.78 is 0. The van der Waals surface area contributed by atoms with E-state index < -0.39 is 0 Å². The molecule has 0 aliphatic carbocycles. The third-order valence-corrected chi connectivity index (χ3v) is 4.78. The van der Waals surface area contributed by atoms with Crippen LogP contribution in [0.4, 0.5) is 10.8 Å². The van der Waals surface area contributed by atoms with Gasteiger partial charge in [-0.2, -0.15) is 0 Å². The molecule has 0 fully saturated rings. The first-order chi connectivity index (χ1) is 11.3. The van der Waals surface area contributed by atoms with E-state index in [1.165, 1.54) is 21.1 Å². The Morgan fingerprint density at radius 2 is 1.71 bits per heavy atom. The number of benzene rings is 1. The van der Waals surface area contributed by atoms with Gasteiger partial charge in [-0.05, 0) is 19.1 Å². The molecule has 1 aromatic heterocycles. The number of rotatable bonds is 5. The van der Waals surface area contributed by atoms with E-state index in [4.69, 9.17) is 0 Å². The Balaban J connectivity index is 2.39. The van der Waals surface area contributed by atoms with Crippen molar-refractivity contribution in [3.63, 3.8) is 0 Å². The quantitative estimate of drug-likeness (QED) is 0.833. The fourth-order valence-corrected chi connectivity index (χ4v) is 3.00. The van der Waals surface area contributed by atoms with Gasteiger partial charge in [-0.15, -0.1) is 0 Å². The summed E-state index contributed by atoms with van der Waals surface area (Å²) in [4.78, 5) is 35.1. The molecule has 1 aromatic carbocycles. The predicted octanol–water partition coefficient (Wildman–Crippen LogP) is 2.25. The van der Waals surface area contributed by atoms with Gasteiger partial charge in [-0.1, -0.05) is 29.5 Å². The number of nitrogens with zero attached hydrogens (tertiary/aromatic N) is 4. The first kappa shape index (κ1) is 17.9. The average Bonchev–Trinajstić information content (AvgIpc) is 2.94. The minimum absolute atomic E-state index is 0.00944. The maximum atomic E-state index is 13.1. The van der Waals surface area contributed by atoms with E-state index in [0.29, 0.717) is 16.3 Å². The zero-order chi connectivity index (χ0) is 17.9. The molecule has 0 aliphatic rings. The van der Waals surface area contributed by atoms with Crippen molar-refractivity contribution in [2.75, 3.05) is 44.5 Å². The van der Waals surface area contributed by atoms with Crippen LogP contribution in [0, 0.1) is 6.92 Å². The van der Waals surface area contributed by atoms with Crippen LogP contribution in [0.5, 0.6) is 0 Å². The van der Waals surface area contributed by atoms with Crippen molar-refractivity contribution >= 4 is 34.0 Å². The van der Waals surface area contributed by atoms with Gasteiger partial charge in [-0.25, -0.2) is 4.98 Å². The summed E-state index contributed by atoms with van der Waals surface area (Å²) in [5.41, 5.74) is 1.36. The Morgan fingerprint density at radius 3 is 2.21 bits per heavy atom. The van der Waals surface area contributed by atoms with Crippen LogP contribution in [0.1, 0.15) is 15.4 Å². The van der Waals surface area contributed by atoms with Gasteiger partial charge in [0.05, 0.1) is 5.69 Å². The minimum atomic E-state index is -0.209. The molecule has 0 N–H and O–H groups in total. The van der Waals surface area contributed by atoms with Crippen LogP contribution >= 0.6 is 11.3 Å². The Labute approximate surface area is 146 Å². The number of anilines is 2. The zero-order valence-electron chi connectivity index (χ0n) is 14.6. The maximum absolute atomic E-state index is 13.1. The number of amides is 2. The van der Waals surface area contributed by atoms with E-state index in [1.807, 2.05) is 56.3 Å². The normalized spacial score (nSPS) is 10.4. The lowest BCUT2D eigenvalue weighted by Crippen LogP contribution is -2.40. The SMILES string of the molecule is Cc1nc(N(C)C)sc1C(=O)N(CC(=O)N(C)C)c1ccccc1. The molecule has 0 radical (unpaired) electrons. The molecule has 2 amide bonds. The molecular weight excluding hydrogens is 324 g/mol. The van der Waals surface area contributed by atoms with Crippen LogP contribution in [-0.2, 0) is 4.79 Å². The van der Waals surface area contributed by atoms with E-state index in [9.17, 15) is 9.59 Å². The monoisotopic (exact) mass is 346 g/mol. The predicted molar refractivity (Wildman–Crippen MR) is 98.0 cm³/mol. The highest BCUT2D eigenvalue weighted by molar-refractivity contribution is 7.17. The number of para-hydroxylation sites is 1. The molecular formula is C17H22N4O2S. The van der Waals surface area contributed by atoms with Gasteiger partial charge in [0.15, 0.2) is 5.13 Å². The Kier molecular flexibility index (Phi) is 5.56. The number of aromatic nitrogens is 1. The van der Waals surface area contributed by atoms with Crippen molar-refractivity contribution in [3.05, 3.63) is 40.9 Å². The van der Waals surface area contributed by atoms with Crippen LogP contribution in [-0.4, -0.2) is 56.4 Å². The average molecular weight is 346 g/mol.